The standard InChI is InChI=1S/C9H13.Li/c1-9-5-6-7(9)3-2-4-8(6)9;/h6-8H,1-5H2;/q-1;+1. The summed E-state index contributed by atoms with van der Waals surface area (Å²) >= 11 is 0. The Morgan fingerprint density at radius 3 is 2.00 bits per heavy atom. The molecule has 0 N–H and O–H groups in total. The van der Waals surface area contributed by atoms with E-state index in [-0.39, 0.29) is 18.9 Å². The minimum atomic E-state index is 0. The molecule has 0 aliphatic heterocycles. The van der Waals surface area contributed by atoms with Crippen molar-refractivity contribution in [2.45, 2.75) is 25.7 Å². The van der Waals surface area contributed by atoms with Gasteiger partial charge in [0.1, 0.15) is 0 Å². The smallest absolute Gasteiger partial charge is 0.337 e. The van der Waals surface area contributed by atoms with Crippen LogP contribution in [-0.2, 0) is 0 Å². The van der Waals surface area contributed by atoms with Gasteiger partial charge in [-0.15, -0.1) is 0 Å². The Morgan fingerprint density at radius 2 is 1.80 bits per heavy atom. The Kier molecular flexibility index (Phi) is 1.34. The molecule has 4 bridgehead atoms. The molecule has 0 amide bonds. The van der Waals surface area contributed by atoms with Gasteiger partial charge in [-0.2, -0.15) is 5.41 Å². The second-order valence-electron chi connectivity index (χ2n) is 4.25. The molecule has 0 aromatic carbocycles. The van der Waals surface area contributed by atoms with E-state index in [1.165, 1.54) is 25.7 Å². The summed E-state index contributed by atoms with van der Waals surface area (Å²) in [6.07, 6.45) is 5.99. The van der Waals surface area contributed by atoms with E-state index in [9.17, 15) is 0 Å². The van der Waals surface area contributed by atoms with Crippen molar-refractivity contribution in [2.75, 3.05) is 0 Å². The molecule has 0 nitrogen and oxygen atoms in total. The van der Waals surface area contributed by atoms with E-state index in [0.29, 0.717) is 5.41 Å². The minimum absolute atomic E-state index is 0. The first kappa shape index (κ1) is 7.26. The van der Waals surface area contributed by atoms with Crippen molar-refractivity contribution in [2.24, 2.45) is 23.2 Å². The summed E-state index contributed by atoms with van der Waals surface area (Å²) in [6.45, 7) is 4.33. The van der Waals surface area contributed by atoms with Gasteiger partial charge in [-0.1, -0.05) is 37.5 Å². The van der Waals surface area contributed by atoms with Crippen LogP contribution < -0.4 is 18.9 Å². The molecule has 10 heavy (non-hydrogen) atoms. The molecule has 2 atom stereocenters. The molecule has 0 radical (unpaired) electrons. The van der Waals surface area contributed by atoms with Crippen LogP contribution in [0.3, 0.4) is 0 Å². The van der Waals surface area contributed by atoms with Crippen LogP contribution in [0.1, 0.15) is 25.7 Å². The van der Waals surface area contributed by atoms with Crippen LogP contribution in [0.5, 0.6) is 0 Å². The zero-order chi connectivity index (χ0) is 6.06. The van der Waals surface area contributed by atoms with Crippen molar-refractivity contribution in [3.8, 4) is 0 Å². The van der Waals surface area contributed by atoms with Crippen molar-refractivity contribution in [1.82, 2.24) is 0 Å². The van der Waals surface area contributed by atoms with Gasteiger partial charge >= 0.3 is 18.9 Å². The third kappa shape index (κ3) is 0.497. The molecular weight excluding hydrogens is 115 g/mol. The van der Waals surface area contributed by atoms with E-state index in [4.69, 9.17) is 0 Å². The molecular formula is C9H13Li. The Bertz CT molecular complexity index is 152. The summed E-state index contributed by atoms with van der Waals surface area (Å²) in [5, 5.41) is 0. The van der Waals surface area contributed by atoms with E-state index in [2.05, 4.69) is 6.92 Å². The Morgan fingerprint density at radius 1 is 1.20 bits per heavy atom. The Hall–Kier alpha value is 0.597. The molecule has 0 saturated heterocycles. The van der Waals surface area contributed by atoms with Gasteiger partial charge in [0.15, 0.2) is 0 Å². The van der Waals surface area contributed by atoms with Crippen molar-refractivity contribution < 1.29 is 18.9 Å². The number of rotatable bonds is 0. The molecule has 50 valence electrons. The summed E-state index contributed by atoms with van der Waals surface area (Å²) in [5.41, 5.74) is 0.628. The second-order valence-corrected chi connectivity index (χ2v) is 4.25. The van der Waals surface area contributed by atoms with Crippen molar-refractivity contribution in [3.05, 3.63) is 6.92 Å². The van der Waals surface area contributed by atoms with Crippen LogP contribution in [0.25, 0.3) is 0 Å². The zero-order valence-electron chi connectivity index (χ0n) is 6.77. The molecule has 0 aromatic heterocycles. The van der Waals surface area contributed by atoms with Gasteiger partial charge < -0.3 is 6.92 Å². The summed E-state index contributed by atoms with van der Waals surface area (Å²) < 4.78 is 0. The van der Waals surface area contributed by atoms with Gasteiger partial charge in [0, 0.05) is 0 Å². The predicted molar refractivity (Wildman–Crippen MR) is 36.7 cm³/mol. The molecule has 4 aliphatic rings. The molecule has 1 heteroatoms. The zero-order valence-corrected chi connectivity index (χ0v) is 6.77. The Labute approximate surface area is 74.9 Å². The van der Waals surface area contributed by atoms with Gasteiger partial charge in [-0.3, -0.25) is 0 Å². The minimum Gasteiger partial charge on any atom is -0.337 e. The second kappa shape index (κ2) is 1.85. The monoisotopic (exact) mass is 128 g/mol. The summed E-state index contributed by atoms with van der Waals surface area (Å²) in [6, 6.07) is 0. The van der Waals surface area contributed by atoms with Gasteiger partial charge in [-0.05, 0) is 5.92 Å². The van der Waals surface area contributed by atoms with Crippen LogP contribution in [0.15, 0.2) is 0 Å². The predicted octanol–water partition coefficient (Wildman–Crippen LogP) is -0.739. The van der Waals surface area contributed by atoms with Crippen LogP contribution in [0.4, 0.5) is 0 Å². The van der Waals surface area contributed by atoms with Crippen molar-refractivity contribution in [1.29, 1.82) is 0 Å². The van der Waals surface area contributed by atoms with E-state index >= 15 is 0 Å². The maximum absolute atomic E-state index is 4.33. The maximum Gasteiger partial charge on any atom is 1.00 e. The van der Waals surface area contributed by atoms with Gasteiger partial charge in [0.2, 0.25) is 0 Å². The van der Waals surface area contributed by atoms with E-state index in [0.717, 1.165) is 17.8 Å². The van der Waals surface area contributed by atoms with Gasteiger partial charge in [0.25, 0.3) is 0 Å². The van der Waals surface area contributed by atoms with E-state index in [1.54, 1.807) is 0 Å². The average Bonchev–Trinajstić information content (AvgIpc) is 1.86. The fraction of sp³-hybridized carbons (Fsp3) is 0.889. The largest absolute Gasteiger partial charge is 1.00 e. The normalized spacial score (nSPS) is 61.5. The van der Waals surface area contributed by atoms with Crippen LogP contribution in [0.2, 0.25) is 0 Å². The molecule has 2 unspecified atom stereocenters. The van der Waals surface area contributed by atoms with Gasteiger partial charge in [0.05, 0.1) is 0 Å². The average molecular weight is 128 g/mol. The quantitative estimate of drug-likeness (QED) is 0.298. The molecule has 0 aromatic rings. The third-order valence-electron chi connectivity index (χ3n) is 4.16. The fourth-order valence-electron chi connectivity index (χ4n) is 3.56. The molecule has 4 rings (SSSR count). The summed E-state index contributed by atoms with van der Waals surface area (Å²) in [7, 11) is 0. The molecule has 4 saturated carbocycles. The van der Waals surface area contributed by atoms with Crippen LogP contribution in [0, 0.1) is 30.1 Å². The van der Waals surface area contributed by atoms with Crippen molar-refractivity contribution >= 4 is 0 Å². The van der Waals surface area contributed by atoms with E-state index < -0.39 is 0 Å². The molecule has 4 fully saturated rings. The molecule has 0 heterocycles. The van der Waals surface area contributed by atoms with Gasteiger partial charge in [-0.25, -0.2) is 0 Å². The first-order valence-electron chi connectivity index (χ1n) is 4.18. The first-order valence-corrected chi connectivity index (χ1v) is 4.18. The molecule has 4 aliphatic carbocycles. The van der Waals surface area contributed by atoms with Crippen LogP contribution >= 0.6 is 0 Å². The first-order chi connectivity index (χ1) is 4.32. The summed E-state index contributed by atoms with van der Waals surface area (Å²) in [4.78, 5) is 0. The Balaban J connectivity index is 0.000000403. The topological polar surface area (TPSA) is 0 Å². The maximum atomic E-state index is 4.33. The SMILES string of the molecule is [CH2-]C12CC3C1CCCC32.[Li+]. The number of hydrogen-bond acceptors (Lipinski definition) is 0. The fourth-order valence-corrected chi connectivity index (χ4v) is 3.56. The third-order valence-corrected chi connectivity index (χ3v) is 4.16. The van der Waals surface area contributed by atoms with Crippen LogP contribution in [-0.4, -0.2) is 0 Å². The van der Waals surface area contributed by atoms with E-state index in [1.807, 2.05) is 0 Å². The number of hydrogen-bond donors (Lipinski definition) is 0. The van der Waals surface area contributed by atoms with Crippen molar-refractivity contribution in [3.63, 3.8) is 0 Å². The summed E-state index contributed by atoms with van der Waals surface area (Å²) in [5.74, 6) is 3.31. The molecule has 0 spiro atoms.